The van der Waals surface area contributed by atoms with Crippen LogP contribution < -0.4 is 14.8 Å². The molecule has 0 saturated heterocycles. The van der Waals surface area contributed by atoms with E-state index in [1.54, 1.807) is 14.2 Å². The molecule has 1 aromatic carbocycles. The van der Waals surface area contributed by atoms with Crippen LogP contribution in [-0.4, -0.2) is 44.7 Å². The van der Waals surface area contributed by atoms with Crippen LogP contribution in [0.4, 0.5) is 19.0 Å². The van der Waals surface area contributed by atoms with E-state index in [0.29, 0.717) is 23.9 Å². The predicted molar refractivity (Wildman–Crippen MR) is 93.7 cm³/mol. The van der Waals surface area contributed by atoms with E-state index in [9.17, 15) is 13.2 Å². The lowest BCUT2D eigenvalue weighted by atomic mass is 10.0. The fourth-order valence-corrected chi connectivity index (χ4v) is 2.53. The molecule has 0 spiro atoms. The summed E-state index contributed by atoms with van der Waals surface area (Å²) in [6, 6.07) is 7.92. The summed E-state index contributed by atoms with van der Waals surface area (Å²) in [5, 5.41) is 3.08. The van der Waals surface area contributed by atoms with Crippen LogP contribution in [-0.2, 0) is 6.18 Å². The molecule has 142 valence electrons. The highest BCUT2D eigenvalue weighted by Crippen LogP contribution is 2.32. The number of nitrogens with one attached hydrogen (secondary N) is 1. The lowest BCUT2D eigenvalue weighted by Crippen LogP contribution is -2.27. The second-order valence-corrected chi connectivity index (χ2v) is 5.90. The molecule has 1 N–H and O–H groups in total. The summed E-state index contributed by atoms with van der Waals surface area (Å²) >= 11 is 0. The van der Waals surface area contributed by atoms with Gasteiger partial charge in [-0.15, -0.1) is 0 Å². The zero-order chi connectivity index (χ0) is 19.3. The number of hydrogen-bond donors (Lipinski definition) is 1. The molecule has 1 atom stereocenters. The van der Waals surface area contributed by atoms with Crippen molar-refractivity contribution < 1.29 is 22.6 Å². The van der Waals surface area contributed by atoms with Crippen molar-refractivity contribution in [3.8, 4) is 11.5 Å². The van der Waals surface area contributed by atoms with Gasteiger partial charge in [-0.25, -0.2) is 4.98 Å². The Morgan fingerprint density at radius 1 is 1.08 bits per heavy atom. The molecule has 0 aliphatic rings. The van der Waals surface area contributed by atoms with Crippen molar-refractivity contribution in [3.63, 3.8) is 0 Å². The summed E-state index contributed by atoms with van der Waals surface area (Å²) in [6.07, 6.45) is -3.57. The third-order valence-corrected chi connectivity index (χ3v) is 3.98. The minimum atomic E-state index is -4.39. The second kappa shape index (κ2) is 8.27. The minimum absolute atomic E-state index is 0.0427. The Kier molecular flexibility index (Phi) is 6.31. The Balaban J connectivity index is 2.14. The first-order chi connectivity index (χ1) is 12.3. The molecule has 0 fully saturated rings. The van der Waals surface area contributed by atoms with Gasteiger partial charge in [0, 0.05) is 12.7 Å². The number of aromatic nitrogens is 1. The number of hydrogen-bond acceptors (Lipinski definition) is 5. The number of nitrogens with zero attached hydrogens (tertiary/aromatic N) is 2. The standard InChI is InChI=1S/C18H22F3N3O2/c1-24(2)14(12-5-7-15(25-3)16(9-12)26-4)11-23-17-8-6-13(10-22-17)18(19,20)21/h5-10,14H,11H2,1-4H3,(H,22,23)/t14-/m1/s1. The highest BCUT2D eigenvalue weighted by atomic mass is 19.4. The smallest absolute Gasteiger partial charge is 0.417 e. The third-order valence-electron chi connectivity index (χ3n) is 3.98. The molecule has 0 bridgehead atoms. The van der Waals surface area contributed by atoms with E-state index in [4.69, 9.17) is 9.47 Å². The predicted octanol–water partition coefficient (Wildman–Crippen LogP) is 3.83. The number of rotatable bonds is 7. The molecule has 0 aliphatic heterocycles. The molecule has 0 unspecified atom stereocenters. The number of ether oxygens (including phenoxy) is 2. The first-order valence-corrected chi connectivity index (χ1v) is 7.91. The van der Waals surface area contributed by atoms with Crippen LogP contribution in [0.15, 0.2) is 36.5 Å². The first-order valence-electron chi connectivity index (χ1n) is 7.91. The number of pyridine rings is 1. The largest absolute Gasteiger partial charge is 0.493 e. The number of anilines is 1. The Bertz CT molecular complexity index is 719. The monoisotopic (exact) mass is 369 g/mol. The van der Waals surface area contributed by atoms with Crippen molar-refractivity contribution in [3.05, 3.63) is 47.7 Å². The van der Waals surface area contributed by atoms with Gasteiger partial charge in [0.1, 0.15) is 5.82 Å². The number of likely N-dealkylation sites (N-methyl/N-ethyl adjacent to an activating group) is 1. The van der Waals surface area contributed by atoms with Gasteiger partial charge in [-0.3, -0.25) is 0 Å². The van der Waals surface area contributed by atoms with E-state index < -0.39 is 11.7 Å². The van der Waals surface area contributed by atoms with Gasteiger partial charge in [0.25, 0.3) is 0 Å². The second-order valence-electron chi connectivity index (χ2n) is 5.90. The van der Waals surface area contributed by atoms with Crippen molar-refractivity contribution in [1.29, 1.82) is 0 Å². The maximum Gasteiger partial charge on any atom is 0.417 e. The maximum atomic E-state index is 12.6. The maximum absolute atomic E-state index is 12.6. The molecule has 0 aliphatic carbocycles. The third kappa shape index (κ3) is 4.78. The molecular weight excluding hydrogens is 347 g/mol. The van der Waals surface area contributed by atoms with Crippen LogP contribution in [0.1, 0.15) is 17.2 Å². The van der Waals surface area contributed by atoms with Gasteiger partial charge >= 0.3 is 6.18 Å². The summed E-state index contributed by atoms with van der Waals surface area (Å²) < 4.78 is 48.4. The number of halogens is 3. The average Bonchev–Trinajstić information content (AvgIpc) is 2.61. The number of benzene rings is 1. The molecule has 2 aromatic rings. The fraction of sp³-hybridized carbons (Fsp3) is 0.389. The van der Waals surface area contributed by atoms with Gasteiger partial charge in [0.15, 0.2) is 11.5 Å². The zero-order valence-electron chi connectivity index (χ0n) is 15.1. The highest BCUT2D eigenvalue weighted by molar-refractivity contribution is 5.44. The Labute approximate surface area is 150 Å². The van der Waals surface area contributed by atoms with Gasteiger partial charge < -0.3 is 19.7 Å². The van der Waals surface area contributed by atoms with Crippen LogP contribution >= 0.6 is 0 Å². The number of alkyl halides is 3. The molecule has 0 saturated carbocycles. The van der Waals surface area contributed by atoms with Crippen molar-refractivity contribution >= 4 is 5.82 Å². The first kappa shape index (κ1) is 19.8. The highest BCUT2D eigenvalue weighted by Gasteiger charge is 2.30. The Hall–Kier alpha value is -2.48. The van der Waals surface area contributed by atoms with Gasteiger partial charge in [-0.05, 0) is 43.9 Å². The Morgan fingerprint density at radius 2 is 1.77 bits per heavy atom. The normalized spacial score (nSPS) is 12.8. The minimum Gasteiger partial charge on any atom is -0.493 e. The van der Waals surface area contributed by atoms with Gasteiger partial charge in [-0.2, -0.15) is 13.2 Å². The zero-order valence-corrected chi connectivity index (χ0v) is 15.1. The summed E-state index contributed by atoms with van der Waals surface area (Å²) in [5.74, 6) is 1.63. The van der Waals surface area contributed by atoms with Crippen molar-refractivity contribution in [2.45, 2.75) is 12.2 Å². The molecule has 26 heavy (non-hydrogen) atoms. The molecule has 2 rings (SSSR count). The van der Waals surface area contributed by atoms with Crippen molar-refractivity contribution in [2.24, 2.45) is 0 Å². The summed E-state index contributed by atoms with van der Waals surface area (Å²) in [5.41, 5.74) is 0.208. The summed E-state index contributed by atoms with van der Waals surface area (Å²) in [6.45, 7) is 0.459. The van der Waals surface area contributed by atoms with E-state index >= 15 is 0 Å². The van der Waals surface area contributed by atoms with Crippen LogP contribution in [0, 0.1) is 0 Å². The van der Waals surface area contributed by atoms with Gasteiger partial charge in [-0.1, -0.05) is 6.07 Å². The molecule has 0 amide bonds. The summed E-state index contributed by atoms with van der Waals surface area (Å²) in [7, 11) is 6.97. The van der Waals surface area contributed by atoms with E-state index in [0.717, 1.165) is 17.8 Å². The number of methoxy groups -OCH3 is 2. The van der Waals surface area contributed by atoms with Crippen LogP contribution in [0.5, 0.6) is 11.5 Å². The topological polar surface area (TPSA) is 46.6 Å². The fourth-order valence-electron chi connectivity index (χ4n) is 2.53. The molecule has 0 radical (unpaired) electrons. The van der Waals surface area contributed by atoms with E-state index in [2.05, 4.69) is 10.3 Å². The van der Waals surface area contributed by atoms with Gasteiger partial charge in [0.05, 0.1) is 25.8 Å². The summed E-state index contributed by atoms with van der Waals surface area (Å²) in [4.78, 5) is 5.84. The van der Waals surface area contributed by atoms with Crippen molar-refractivity contribution in [2.75, 3.05) is 40.2 Å². The van der Waals surface area contributed by atoms with Crippen LogP contribution in [0.3, 0.4) is 0 Å². The molecular formula is C18H22F3N3O2. The van der Waals surface area contributed by atoms with E-state index in [1.807, 2.05) is 37.2 Å². The van der Waals surface area contributed by atoms with Gasteiger partial charge in [0.2, 0.25) is 0 Å². The molecule has 8 heteroatoms. The molecule has 1 aromatic heterocycles. The van der Waals surface area contributed by atoms with E-state index in [1.165, 1.54) is 6.07 Å². The molecule has 1 heterocycles. The Morgan fingerprint density at radius 3 is 2.27 bits per heavy atom. The SMILES string of the molecule is COc1ccc([C@@H](CNc2ccc(C(F)(F)F)cn2)N(C)C)cc1OC. The lowest BCUT2D eigenvalue weighted by Gasteiger charge is -2.26. The van der Waals surface area contributed by atoms with Crippen LogP contribution in [0.25, 0.3) is 0 Å². The van der Waals surface area contributed by atoms with Crippen LogP contribution in [0.2, 0.25) is 0 Å². The van der Waals surface area contributed by atoms with Crippen molar-refractivity contribution in [1.82, 2.24) is 9.88 Å². The van der Waals surface area contributed by atoms with E-state index in [-0.39, 0.29) is 6.04 Å². The quantitative estimate of drug-likeness (QED) is 0.804. The lowest BCUT2D eigenvalue weighted by molar-refractivity contribution is -0.137. The molecule has 5 nitrogen and oxygen atoms in total. The average molecular weight is 369 g/mol.